The summed E-state index contributed by atoms with van der Waals surface area (Å²) in [5.74, 6) is 0.106. The second-order valence-electron chi connectivity index (χ2n) is 6.86. The lowest BCUT2D eigenvalue weighted by molar-refractivity contribution is -0.384. The zero-order chi connectivity index (χ0) is 19.9. The normalized spacial score (nSPS) is 15.0. The fourth-order valence-electron chi connectivity index (χ4n) is 3.09. The molecule has 0 unspecified atom stereocenters. The predicted octanol–water partition coefficient (Wildman–Crippen LogP) is 3.12. The Labute approximate surface area is 163 Å². The summed E-state index contributed by atoms with van der Waals surface area (Å²) in [5.41, 5.74) is 1.57. The van der Waals surface area contributed by atoms with Crippen molar-refractivity contribution in [3.8, 4) is 5.75 Å². The molecule has 8 heteroatoms. The number of nitrogens with zero attached hydrogens (tertiary/aromatic N) is 2. The van der Waals surface area contributed by atoms with E-state index in [2.05, 4.69) is 22.6 Å². The van der Waals surface area contributed by atoms with Crippen LogP contribution in [0.5, 0.6) is 5.75 Å². The van der Waals surface area contributed by atoms with Crippen LogP contribution in [0.1, 0.15) is 12.8 Å². The van der Waals surface area contributed by atoms with Crippen molar-refractivity contribution < 1.29 is 14.5 Å². The number of para-hydroxylation sites is 2. The third-order valence-electron chi connectivity index (χ3n) is 4.70. The highest BCUT2D eigenvalue weighted by molar-refractivity contribution is 5.95. The number of nitro benzene ring substituents is 1. The van der Waals surface area contributed by atoms with Gasteiger partial charge in [0.05, 0.1) is 16.3 Å². The topological polar surface area (TPSA) is 96.7 Å². The van der Waals surface area contributed by atoms with Crippen LogP contribution >= 0.6 is 0 Å². The van der Waals surface area contributed by atoms with E-state index in [-0.39, 0.29) is 18.2 Å². The number of nitrogens with one attached hydrogen (secondary N) is 2. The van der Waals surface area contributed by atoms with Crippen LogP contribution in [0.2, 0.25) is 0 Å². The summed E-state index contributed by atoms with van der Waals surface area (Å²) in [6.45, 7) is 1.92. The number of hydrogen-bond acceptors (Lipinski definition) is 6. The highest BCUT2D eigenvalue weighted by atomic mass is 16.6. The van der Waals surface area contributed by atoms with Crippen LogP contribution in [0.15, 0.2) is 48.5 Å². The Balaban J connectivity index is 1.54. The first-order chi connectivity index (χ1) is 13.5. The first kappa shape index (κ1) is 19.6. The molecule has 1 fully saturated rings. The summed E-state index contributed by atoms with van der Waals surface area (Å²) in [7, 11) is 2.12. The molecule has 0 saturated carbocycles. The Morgan fingerprint density at radius 1 is 1.14 bits per heavy atom. The maximum atomic E-state index is 12.3. The van der Waals surface area contributed by atoms with Crippen molar-refractivity contribution in [2.45, 2.75) is 18.9 Å². The molecule has 148 valence electrons. The van der Waals surface area contributed by atoms with Gasteiger partial charge in [-0.2, -0.15) is 0 Å². The van der Waals surface area contributed by atoms with Gasteiger partial charge in [-0.05, 0) is 57.2 Å². The smallest absolute Gasteiger partial charge is 0.269 e. The van der Waals surface area contributed by atoms with Crippen LogP contribution in [0.3, 0.4) is 0 Å². The molecule has 2 aromatic rings. The molecule has 2 aromatic carbocycles. The summed E-state index contributed by atoms with van der Waals surface area (Å²) >= 11 is 0. The highest BCUT2D eigenvalue weighted by Gasteiger charge is 2.17. The Hall–Kier alpha value is -3.13. The number of likely N-dealkylation sites (tertiary alicyclic amines) is 1. The van der Waals surface area contributed by atoms with Crippen LogP contribution in [0.4, 0.5) is 17.1 Å². The van der Waals surface area contributed by atoms with E-state index < -0.39 is 4.92 Å². The van der Waals surface area contributed by atoms with Crippen molar-refractivity contribution in [2.24, 2.45) is 0 Å². The molecule has 0 radical (unpaired) electrons. The molecule has 2 N–H and O–H groups in total. The maximum absolute atomic E-state index is 12.3. The van der Waals surface area contributed by atoms with Gasteiger partial charge in [-0.25, -0.2) is 0 Å². The summed E-state index contributed by atoms with van der Waals surface area (Å²) in [4.78, 5) is 24.8. The van der Waals surface area contributed by atoms with Crippen molar-refractivity contribution in [1.82, 2.24) is 4.90 Å². The van der Waals surface area contributed by atoms with Crippen LogP contribution in [0.25, 0.3) is 0 Å². The minimum Gasteiger partial charge on any atom is -0.484 e. The Kier molecular flexibility index (Phi) is 6.44. The molecule has 1 saturated heterocycles. The van der Waals surface area contributed by atoms with Gasteiger partial charge in [-0.3, -0.25) is 14.9 Å². The number of ether oxygens (including phenoxy) is 1. The van der Waals surface area contributed by atoms with Gasteiger partial charge in [0.1, 0.15) is 5.75 Å². The molecule has 28 heavy (non-hydrogen) atoms. The van der Waals surface area contributed by atoms with Gasteiger partial charge in [0.2, 0.25) is 0 Å². The molecule has 1 aliphatic heterocycles. The number of benzene rings is 2. The fourth-order valence-corrected chi connectivity index (χ4v) is 3.09. The van der Waals surface area contributed by atoms with Crippen molar-refractivity contribution in [3.63, 3.8) is 0 Å². The maximum Gasteiger partial charge on any atom is 0.269 e. The number of hydrogen-bond donors (Lipinski definition) is 2. The van der Waals surface area contributed by atoms with E-state index in [1.54, 1.807) is 0 Å². The molecule has 1 heterocycles. The lowest BCUT2D eigenvalue weighted by Gasteiger charge is -2.30. The van der Waals surface area contributed by atoms with Crippen LogP contribution in [0, 0.1) is 10.1 Å². The molecular formula is C20H24N4O4. The second kappa shape index (κ2) is 9.18. The van der Waals surface area contributed by atoms with E-state index >= 15 is 0 Å². The van der Waals surface area contributed by atoms with Crippen LogP contribution in [-0.4, -0.2) is 48.5 Å². The highest BCUT2D eigenvalue weighted by Crippen LogP contribution is 2.24. The van der Waals surface area contributed by atoms with Gasteiger partial charge in [0.25, 0.3) is 11.6 Å². The third-order valence-corrected chi connectivity index (χ3v) is 4.70. The summed E-state index contributed by atoms with van der Waals surface area (Å²) in [5, 5.41) is 17.0. The largest absolute Gasteiger partial charge is 0.484 e. The molecule has 0 aliphatic carbocycles. The van der Waals surface area contributed by atoms with Crippen LogP contribution in [-0.2, 0) is 4.79 Å². The quantitative estimate of drug-likeness (QED) is 0.562. The van der Waals surface area contributed by atoms with E-state index in [1.807, 2.05) is 24.3 Å². The molecule has 1 aliphatic rings. The van der Waals surface area contributed by atoms with Gasteiger partial charge in [0, 0.05) is 18.2 Å². The van der Waals surface area contributed by atoms with Crippen LogP contribution < -0.4 is 15.4 Å². The van der Waals surface area contributed by atoms with E-state index in [4.69, 9.17) is 4.74 Å². The average molecular weight is 384 g/mol. The number of anilines is 2. The van der Waals surface area contributed by atoms with E-state index in [0.717, 1.165) is 31.6 Å². The predicted molar refractivity (Wildman–Crippen MR) is 108 cm³/mol. The molecule has 8 nitrogen and oxygen atoms in total. The van der Waals surface area contributed by atoms with Gasteiger partial charge in [0.15, 0.2) is 6.61 Å². The Bertz CT molecular complexity index is 817. The molecule has 0 aromatic heterocycles. The Morgan fingerprint density at radius 3 is 2.43 bits per heavy atom. The van der Waals surface area contributed by atoms with Gasteiger partial charge >= 0.3 is 0 Å². The summed E-state index contributed by atoms with van der Waals surface area (Å²) < 4.78 is 5.42. The zero-order valence-corrected chi connectivity index (χ0v) is 15.8. The first-order valence-corrected chi connectivity index (χ1v) is 9.22. The minimum atomic E-state index is -0.481. The lowest BCUT2D eigenvalue weighted by atomic mass is 10.0. The monoisotopic (exact) mass is 384 g/mol. The number of piperidine rings is 1. The first-order valence-electron chi connectivity index (χ1n) is 9.22. The number of amides is 1. The van der Waals surface area contributed by atoms with Crippen molar-refractivity contribution in [1.29, 1.82) is 0 Å². The van der Waals surface area contributed by atoms with E-state index in [9.17, 15) is 14.9 Å². The standard InChI is InChI=1S/C20H24N4O4/c1-23-12-10-15(11-13-23)21-18-4-2-3-5-19(18)22-20(25)14-28-17-8-6-16(7-9-17)24(26)27/h2-9,15,21H,10-14H2,1H3,(H,22,25). The molecule has 0 bridgehead atoms. The van der Waals surface area contributed by atoms with Crippen molar-refractivity contribution >= 4 is 23.0 Å². The SMILES string of the molecule is CN1CCC(Nc2ccccc2NC(=O)COc2ccc([N+](=O)[O-])cc2)CC1. The van der Waals surface area contributed by atoms with Gasteiger partial charge in [-0.15, -0.1) is 0 Å². The number of nitro groups is 1. The molecule has 1 amide bonds. The summed E-state index contributed by atoms with van der Waals surface area (Å²) in [6, 6.07) is 13.6. The molecular weight excluding hydrogens is 360 g/mol. The second-order valence-corrected chi connectivity index (χ2v) is 6.86. The third kappa shape index (κ3) is 5.43. The average Bonchev–Trinajstić information content (AvgIpc) is 2.70. The Morgan fingerprint density at radius 2 is 1.79 bits per heavy atom. The number of rotatable bonds is 7. The zero-order valence-electron chi connectivity index (χ0n) is 15.8. The summed E-state index contributed by atoms with van der Waals surface area (Å²) in [6.07, 6.45) is 2.12. The van der Waals surface area contributed by atoms with Crippen molar-refractivity contribution in [2.75, 3.05) is 37.4 Å². The number of carbonyl (C=O) groups excluding carboxylic acids is 1. The van der Waals surface area contributed by atoms with Crippen molar-refractivity contribution in [3.05, 3.63) is 58.6 Å². The fraction of sp³-hybridized carbons (Fsp3) is 0.350. The minimum absolute atomic E-state index is 0.0225. The molecule has 3 rings (SSSR count). The molecule has 0 spiro atoms. The van der Waals surface area contributed by atoms with E-state index in [0.29, 0.717) is 17.5 Å². The number of non-ortho nitro benzene ring substituents is 1. The van der Waals surface area contributed by atoms with Gasteiger partial charge in [-0.1, -0.05) is 12.1 Å². The van der Waals surface area contributed by atoms with Gasteiger partial charge < -0.3 is 20.3 Å². The molecule has 0 atom stereocenters. The lowest BCUT2D eigenvalue weighted by Crippen LogP contribution is -2.36. The van der Waals surface area contributed by atoms with E-state index in [1.165, 1.54) is 24.3 Å². The number of carbonyl (C=O) groups is 1.